The Labute approximate surface area is 119 Å². The van der Waals surface area contributed by atoms with Gasteiger partial charge < -0.3 is 10.6 Å². The molecular weight excluding hydrogens is 252 g/mol. The van der Waals surface area contributed by atoms with Gasteiger partial charge in [-0.2, -0.15) is 5.10 Å². The number of benzene rings is 1. The molecule has 2 N–H and O–H groups in total. The molecule has 5 nitrogen and oxygen atoms in total. The van der Waals surface area contributed by atoms with Crippen LogP contribution < -0.4 is 10.6 Å². The molecule has 1 aromatic carbocycles. The minimum Gasteiger partial charge on any atom is -0.385 e. The smallest absolute Gasteiger partial charge is 0.257 e. The summed E-state index contributed by atoms with van der Waals surface area (Å²) in [5.41, 5.74) is 4.02. The molecule has 0 aliphatic carbocycles. The average Bonchev–Trinajstić information content (AvgIpc) is 2.66. The summed E-state index contributed by atoms with van der Waals surface area (Å²) in [5, 5.41) is 10.5. The van der Waals surface area contributed by atoms with Crippen LogP contribution in [0.5, 0.6) is 0 Å². The van der Waals surface area contributed by atoms with Gasteiger partial charge in [-0.3, -0.25) is 9.48 Å². The summed E-state index contributed by atoms with van der Waals surface area (Å²) in [4.78, 5) is 12.4. The van der Waals surface area contributed by atoms with Gasteiger partial charge in [-0.15, -0.1) is 0 Å². The third-order valence-corrected chi connectivity index (χ3v) is 3.29. The number of carbonyl (C=O) groups excluding carboxylic acids is 1. The Morgan fingerprint density at radius 3 is 2.60 bits per heavy atom. The van der Waals surface area contributed by atoms with Gasteiger partial charge in [0.2, 0.25) is 0 Å². The van der Waals surface area contributed by atoms with Crippen LogP contribution in [0.4, 0.5) is 11.4 Å². The second-order valence-electron chi connectivity index (χ2n) is 4.70. The lowest BCUT2D eigenvalue weighted by Crippen LogP contribution is -2.15. The highest BCUT2D eigenvalue weighted by atomic mass is 16.1. The van der Waals surface area contributed by atoms with E-state index < -0.39 is 0 Å². The second kappa shape index (κ2) is 5.77. The zero-order chi connectivity index (χ0) is 14.7. The molecule has 0 unspecified atom stereocenters. The highest BCUT2D eigenvalue weighted by molar-refractivity contribution is 6.08. The van der Waals surface area contributed by atoms with Crippen LogP contribution in [0.2, 0.25) is 0 Å². The largest absolute Gasteiger partial charge is 0.385 e. The molecule has 106 valence electrons. The lowest BCUT2D eigenvalue weighted by molar-refractivity contribution is 0.102. The van der Waals surface area contributed by atoms with Gasteiger partial charge in [0.15, 0.2) is 0 Å². The van der Waals surface area contributed by atoms with Crippen molar-refractivity contribution < 1.29 is 4.79 Å². The van der Waals surface area contributed by atoms with Crippen LogP contribution in [0, 0.1) is 13.8 Å². The average molecular weight is 272 g/mol. The van der Waals surface area contributed by atoms with Gasteiger partial charge in [0.25, 0.3) is 5.91 Å². The van der Waals surface area contributed by atoms with Gasteiger partial charge in [0.1, 0.15) is 0 Å². The van der Waals surface area contributed by atoms with Gasteiger partial charge in [-0.25, -0.2) is 0 Å². The maximum atomic E-state index is 12.4. The van der Waals surface area contributed by atoms with Crippen molar-refractivity contribution in [3.63, 3.8) is 0 Å². The number of nitrogens with zero attached hydrogens (tertiary/aromatic N) is 2. The lowest BCUT2D eigenvalue weighted by atomic mass is 10.1. The van der Waals surface area contributed by atoms with E-state index in [1.54, 1.807) is 4.68 Å². The maximum Gasteiger partial charge on any atom is 0.257 e. The molecule has 2 rings (SSSR count). The Balaban J connectivity index is 2.29. The Morgan fingerprint density at radius 1 is 1.30 bits per heavy atom. The number of aromatic nitrogens is 2. The fourth-order valence-electron chi connectivity index (χ4n) is 2.16. The number of anilines is 2. The number of amides is 1. The molecule has 0 fully saturated rings. The van der Waals surface area contributed by atoms with Crippen molar-refractivity contribution in [1.29, 1.82) is 0 Å². The van der Waals surface area contributed by atoms with E-state index in [1.807, 2.05) is 52.1 Å². The monoisotopic (exact) mass is 272 g/mol. The lowest BCUT2D eigenvalue weighted by Gasteiger charge is -2.11. The Kier molecular flexibility index (Phi) is 4.08. The SMILES string of the molecule is CCNc1ccccc1C(=O)Nc1c(C)nn(C)c1C. The zero-order valence-electron chi connectivity index (χ0n) is 12.3. The third kappa shape index (κ3) is 2.66. The van der Waals surface area contributed by atoms with E-state index in [2.05, 4.69) is 15.7 Å². The van der Waals surface area contributed by atoms with E-state index in [4.69, 9.17) is 0 Å². The fraction of sp³-hybridized carbons (Fsp3) is 0.333. The van der Waals surface area contributed by atoms with E-state index >= 15 is 0 Å². The predicted octanol–water partition coefficient (Wildman–Crippen LogP) is 2.72. The summed E-state index contributed by atoms with van der Waals surface area (Å²) in [7, 11) is 1.87. The zero-order valence-corrected chi connectivity index (χ0v) is 12.3. The molecule has 0 atom stereocenters. The van der Waals surface area contributed by atoms with Crippen LogP contribution in [0.25, 0.3) is 0 Å². The number of aryl methyl sites for hydroxylation is 2. The first-order valence-electron chi connectivity index (χ1n) is 6.69. The number of para-hydroxylation sites is 1. The molecule has 1 aromatic heterocycles. The quantitative estimate of drug-likeness (QED) is 0.899. The predicted molar refractivity (Wildman–Crippen MR) is 81.2 cm³/mol. The molecule has 20 heavy (non-hydrogen) atoms. The molecule has 0 spiro atoms. The van der Waals surface area contributed by atoms with Crippen molar-refractivity contribution in [2.45, 2.75) is 20.8 Å². The van der Waals surface area contributed by atoms with Gasteiger partial charge >= 0.3 is 0 Å². The minimum absolute atomic E-state index is 0.124. The summed E-state index contributed by atoms with van der Waals surface area (Å²) in [6, 6.07) is 7.49. The highest BCUT2D eigenvalue weighted by Gasteiger charge is 2.15. The topological polar surface area (TPSA) is 59.0 Å². The Hall–Kier alpha value is -2.30. The summed E-state index contributed by atoms with van der Waals surface area (Å²) in [6.45, 7) is 6.60. The molecule has 1 amide bonds. The third-order valence-electron chi connectivity index (χ3n) is 3.29. The standard InChI is InChI=1S/C15H20N4O/c1-5-16-13-9-7-6-8-12(13)15(20)17-14-10(2)18-19(4)11(14)3/h6-9,16H,5H2,1-4H3,(H,17,20). The van der Waals surface area contributed by atoms with Gasteiger partial charge in [-0.05, 0) is 32.9 Å². The molecule has 0 saturated heterocycles. The second-order valence-corrected chi connectivity index (χ2v) is 4.70. The van der Waals surface area contributed by atoms with Crippen molar-refractivity contribution in [1.82, 2.24) is 9.78 Å². The first-order chi connectivity index (χ1) is 9.54. The maximum absolute atomic E-state index is 12.4. The number of hydrogen-bond donors (Lipinski definition) is 2. The number of hydrogen-bond acceptors (Lipinski definition) is 3. The fourth-order valence-corrected chi connectivity index (χ4v) is 2.16. The van der Waals surface area contributed by atoms with Crippen LogP contribution in [0.3, 0.4) is 0 Å². The van der Waals surface area contributed by atoms with Gasteiger partial charge in [0, 0.05) is 19.3 Å². The van der Waals surface area contributed by atoms with Crippen LogP contribution in [-0.4, -0.2) is 22.2 Å². The first-order valence-corrected chi connectivity index (χ1v) is 6.69. The van der Waals surface area contributed by atoms with Crippen molar-refractivity contribution in [3.05, 3.63) is 41.2 Å². The minimum atomic E-state index is -0.124. The van der Waals surface area contributed by atoms with E-state index in [0.29, 0.717) is 5.56 Å². The van der Waals surface area contributed by atoms with Gasteiger partial charge in [0.05, 0.1) is 22.6 Å². The molecule has 0 saturated carbocycles. The highest BCUT2D eigenvalue weighted by Crippen LogP contribution is 2.21. The van der Waals surface area contributed by atoms with Gasteiger partial charge in [-0.1, -0.05) is 12.1 Å². The molecule has 5 heteroatoms. The number of rotatable bonds is 4. The molecular formula is C15H20N4O. The summed E-state index contributed by atoms with van der Waals surface area (Å²) in [5.74, 6) is -0.124. The van der Waals surface area contributed by atoms with E-state index in [1.165, 1.54) is 0 Å². The summed E-state index contributed by atoms with van der Waals surface area (Å²) in [6.07, 6.45) is 0. The van der Waals surface area contributed by atoms with E-state index in [-0.39, 0.29) is 5.91 Å². The van der Waals surface area contributed by atoms with E-state index in [0.717, 1.165) is 29.3 Å². The van der Waals surface area contributed by atoms with Crippen molar-refractivity contribution in [2.75, 3.05) is 17.2 Å². The van der Waals surface area contributed by atoms with Crippen molar-refractivity contribution >= 4 is 17.3 Å². The van der Waals surface area contributed by atoms with Crippen molar-refractivity contribution in [3.8, 4) is 0 Å². The van der Waals surface area contributed by atoms with Crippen molar-refractivity contribution in [2.24, 2.45) is 7.05 Å². The van der Waals surface area contributed by atoms with Crippen LogP contribution in [-0.2, 0) is 7.05 Å². The molecule has 0 bridgehead atoms. The van der Waals surface area contributed by atoms with Crippen LogP contribution >= 0.6 is 0 Å². The number of carbonyl (C=O) groups is 1. The normalized spacial score (nSPS) is 10.4. The Bertz CT molecular complexity index is 631. The van der Waals surface area contributed by atoms with Crippen LogP contribution in [0.15, 0.2) is 24.3 Å². The Morgan fingerprint density at radius 2 is 2.00 bits per heavy atom. The molecule has 0 radical (unpaired) electrons. The summed E-state index contributed by atoms with van der Waals surface area (Å²) < 4.78 is 1.77. The molecule has 1 heterocycles. The van der Waals surface area contributed by atoms with Crippen LogP contribution in [0.1, 0.15) is 28.7 Å². The van der Waals surface area contributed by atoms with E-state index in [9.17, 15) is 4.79 Å². The summed E-state index contributed by atoms with van der Waals surface area (Å²) >= 11 is 0. The first kappa shape index (κ1) is 14.1. The number of nitrogens with one attached hydrogen (secondary N) is 2. The molecule has 0 aliphatic heterocycles. The molecule has 2 aromatic rings. The molecule has 0 aliphatic rings.